The molecule has 0 amide bonds. The van der Waals surface area contributed by atoms with E-state index in [1.807, 2.05) is 17.0 Å². The number of hydrogen-bond donors (Lipinski definition) is 1. The maximum Gasteiger partial charge on any atom is 0.317 e. The summed E-state index contributed by atoms with van der Waals surface area (Å²) >= 11 is 6.05. The van der Waals surface area contributed by atoms with E-state index < -0.39 is 5.97 Å². The fraction of sp³-hybridized carbons (Fsp3) is 0.429. The first kappa shape index (κ1) is 14.6. The van der Waals surface area contributed by atoms with Crippen LogP contribution in [-0.2, 0) is 4.79 Å². The van der Waals surface area contributed by atoms with Crippen molar-refractivity contribution in [3.05, 3.63) is 28.8 Å². The lowest BCUT2D eigenvalue weighted by Gasteiger charge is -2.23. The average Bonchev–Trinajstić information content (AvgIpc) is 2.63. The van der Waals surface area contributed by atoms with Crippen LogP contribution in [-0.4, -0.2) is 48.7 Å². The van der Waals surface area contributed by atoms with E-state index in [9.17, 15) is 4.79 Å². The first-order valence-corrected chi connectivity index (χ1v) is 6.86. The molecular weight excluding hydrogens is 278 g/mol. The molecule has 2 rings (SSSR count). The first-order valence-electron chi connectivity index (χ1n) is 6.49. The number of nitrogens with zero attached hydrogens (tertiary/aromatic N) is 3. The van der Waals surface area contributed by atoms with Crippen LogP contribution in [0.1, 0.15) is 12.0 Å². The molecule has 0 spiro atoms. The zero-order chi connectivity index (χ0) is 14.5. The predicted octanol–water partition coefficient (Wildman–Crippen LogP) is 1.81. The fourth-order valence-electron chi connectivity index (χ4n) is 2.37. The molecule has 106 valence electrons. The first-order chi connectivity index (χ1) is 9.60. The fourth-order valence-corrected chi connectivity index (χ4v) is 2.59. The molecule has 0 aromatic heterocycles. The Labute approximate surface area is 123 Å². The van der Waals surface area contributed by atoms with Gasteiger partial charge in [0.05, 0.1) is 17.1 Å². The van der Waals surface area contributed by atoms with Gasteiger partial charge in [0.1, 0.15) is 6.07 Å². The molecule has 1 heterocycles. The largest absolute Gasteiger partial charge is 0.480 e. The lowest BCUT2D eigenvalue weighted by Crippen LogP contribution is -2.34. The van der Waals surface area contributed by atoms with Gasteiger partial charge in [-0.3, -0.25) is 9.69 Å². The summed E-state index contributed by atoms with van der Waals surface area (Å²) in [6, 6.07) is 7.45. The van der Waals surface area contributed by atoms with Crippen molar-refractivity contribution in [1.29, 1.82) is 5.26 Å². The maximum absolute atomic E-state index is 10.7. The van der Waals surface area contributed by atoms with Crippen molar-refractivity contribution >= 4 is 23.3 Å². The second-order valence-electron chi connectivity index (χ2n) is 4.79. The van der Waals surface area contributed by atoms with Gasteiger partial charge in [-0.15, -0.1) is 0 Å². The Kier molecular flexibility index (Phi) is 4.83. The topological polar surface area (TPSA) is 67.6 Å². The number of halogens is 1. The highest BCUT2D eigenvalue weighted by molar-refractivity contribution is 6.32. The van der Waals surface area contributed by atoms with Crippen LogP contribution in [0.15, 0.2) is 18.2 Å². The summed E-state index contributed by atoms with van der Waals surface area (Å²) in [7, 11) is 0. The van der Waals surface area contributed by atoms with Gasteiger partial charge in [-0.1, -0.05) is 11.6 Å². The smallest absolute Gasteiger partial charge is 0.317 e. The van der Waals surface area contributed by atoms with E-state index in [4.69, 9.17) is 22.0 Å². The van der Waals surface area contributed by atoms with Gasteiger partial charge in [-0.05, 0) is 24.6 Å². The molecule has 1 N–H and O–H groups in total. The number of carboxylic acid groups (broad SMARTS) is 1. The standard InChI is InChI=1S/C14H16ClN3O2/c15-13-8-12(3-2-11(13)9-16)18-5-1-4-17(6-7-18)10-14(19)20/h2-3,8H,1,4-7,10H2,(H,19,20). The van der Waals surface area contributed by atoms with Crippen molar-refractivity contribution in [3.63, 3.8) is 0 Å². The molecule has 1 fully saturated rings. The summed E-state index contributed by atoms with van der Waals surface area (Å²) in [5.74, 6) is -0.792. The second-order valence-corrected chi connectivity index (χ2v) is 5.19. The number of carbonyl (C=O) groups is 1. The normalized spacial score (nSPS) is 16.5. The SMILES string of the molecule is N#Cc1ccc(N2CCCN(CC(=O)O)CC2)cc1Cl. The minimum Gasteiger partial charge on any atom is -0.480 e. The summed E-state index contributed by atoms with van der Waals surface area (Å²) in [6.45, 7) is 3.20. The van der Waals surface area contributed by atoms with E-state index in [0.29, 0.717) is 17.1 Å². The predicted molar refractivity (Wildman–Crippen MR) is 77.1 cm³/mol. The molecule has 5 nitrogen and oxygen atoms in total. The minimum atomic E-state index is -0.792. The number of nitriles is 1. The molecule has 0 unspecified atom stereocenters. The quantitative estimate of drug-likeness (QED) is 0.920. The highest BCUT2D eigenvalue weighted by atomic mass is 35.5. The highest BCUT2D eigenvalue weighted by Crippen LogP contribution is 2.24. The van der Waals surface area contributed by atoms with Crippen molar-refractivity contribution in [1.82, 2.24) is 4.90 Å². The summed E-state index contributed by atoms with van der Waals surface area (Å²) in [4.78, 5) is 14.9. The Bertz CT molecular complexity index is 542. The third-order valence-electron chi connectivity index (χ3n) is 3.39. The zero-order valence-electron chi connectivity index (χ0n) is 11.0. The average molecular weight is 294 g/mol. The van der Waals surface area contributed by atoms with Crippen molar-refractivity contribution in [2.45, 2.75) is 6.42 Å². The third kappa shape index (κ3) is 3.62. The van der Waals surface area contributed by atoms with Crippen LogP contribution in [0.5, 0.6) is 0 Å². The van der Waals surface area contributed by atoms with Gasteiger partial charge in [0.15, 0.2) is 0 Å². The van der Waals surface area contributed by atoms with Gasteiger partial charge in [0.25, 0.3) is 0 Å². The molecule has 1 aromatic carbocycles. The second kappa shape index (κ2) is 6.60. The van der Waals surface area contributed by atoms with Crippen LogP contribution in [0.3, 0.4) is 0 Å². The van der Waals surface area contributed by atoms with Gasteiger partial charge in [-0.2, -0.15) is 5.26 Å². The van der Waals surface area contributed by atoms with E-state index in [0.717, 1.165) is 31.7 Å². The maximum atomic E-state index is 10.7. The van der Waals surface area contributed by atoms with Crippen LogP contribution in [0.4, 0.5) is 5.69 Å². The van der Waals surface area contributed by atoms with E-state index in [1.54, 1.807) is 12.1 Å². The molecule has 1 saturated heterocycles. The summed E-state index contributed by atoms with van der Waals surface area (Å²) < 4.78 is 0. The Morgan fingerprint density at radius 3 is 2.80 bits per heavy atom. The summed E-state index contributed by atoms with van der Waals surface area (Å²) in [5.41, 5.74) is 1.45. The summed E-state index contributed by atoms with van der Waals surface area (Å²) in [5, 5.41) is 18.2. The van der Waals surface area contributed by atoms with Crippen LogP contribution in [0.25, 0.3) is 0 Å². The molecule has 1 aliphatic heterocycles. The lowest BCUT2D eigenvalue weighted by atomic mass is 10.2. The molecule has 1 aromatic rings. The van der Waals surface area contributed by atoms with E-state index >= 15 is 0 Å². The molecule has 0 atom stereocenters. The highest BCUT2D eigenvalue weighted by Gasteiger charge is 2.17. The van der Waals surface area contributed by atoms with Gasteiger partial charge < -0.3 is 10.0 Å². The van der Waals surface area contributed by atoms with Crippen LogP contribution in [0, 0.1) is 11.3 Å². The van der Waals surface area contributed by atoms with Gasteiger partial charge >= 0.3 is 5.97 Å². The lowest BCUT2D eigenvalue weighted by molar-refractivity contribution is -0.138. The Balaban J connectivity index is 2.05. The van der Waals surface area contributed by atoms with E-state index in [2.05, 4.69) is 4.90 Å². The number of hydrogen-bond acceptors (Lipinski definition) is 4. The molecule has 0 radical (unpaired) electrons. The zero-order valence-corrected chi connectivity index (χ0v) is 11.8. The number of aliphatic carboxylic acids is 1. The van der Waals surface area contributed by atoms with Gasteiger partial charge in [0.2, 0.25) is 0 Å². The van der Waals surface area contributed by atoms with Gasteiger partial charge in [-0.25, -0.2) is 0 Å². The van der Waals surface area contributed by atoms with Crippen molar-refractivity contribution in [2.24, 2.45) is 0 Å². The van der Waals surface area contributed by atoms with E-state index in [1.165, 1.54) is 0 Å². The molecule has 20 heavy (non-hydrogen) atoms. The molecule has 1 aliphatic rings. The number of benzene rings is 1. The molecule has 6 heteroatoms. The monoisotopic (exact) mass is 293 g/mol. The number of rotatable bonds is 3. The third-order valence-corrected chi connectivity index (χ3v) is 3.70. The Morgan fingerprint density at radius 1 is 1.35 bits per heavy atom. The number of carboxylic acids is 1. The minimum absolute atomic E-state index is 0.0853. The molecule has 0 saturated carbocycles. The Hall–Kier alpha value is -1.77. The molecular formula is C14H16ClN3O2. The van der Waals surface area contributed by atoms with Crippen LogP contribution in [0.2, 0.25) is 5.02 Å². The van der Waals surface area contributed by atoms with Crippen molar-refractivity contribution in [2.75, 3.05) is 37.6 Å². The molecule has 0 bridgehead atoms. The summed E-state index contributed by atoms with van der Waals surface area (Å²) in [6.07, 6.45) is 0.908. The van der Waals surface area contributed by atoms with Crippen molar-refractivity contribution < 1.29 is 9.90 Å². The van der Waals surface area contributed by atoms with Crippen LogP contribution < -0.4 is 4.90 Å². The Morgan fingerprint density at radius 2 is 2.15 bits per heavy atom. The molecule has 0 aliphatic carbocycles. The van der Waals surface area contributed by atoms with E-state index in [-0.39, 0.29) is 6.54 Å². The van der Waals surface area contributed by atoms with Crippen LogP contribution >= 0.6 is 11.6 Å². The van der Waals surface area contributed by atoms with Gasteiger partial charge in [0, 0.05) is 31.9 Å². The van der Waals surface area contributed by atoms with Crippen molar-refractivity contribution in [3.8, 4) is 6.07 Å². The number of anilines is 1.